The summed E-state index contributed by atoms with van der Waals surface area (Å²) in [4.78, 5) is 9.02. The third-order valence-corrected chi connectivity index (χ3v) is 5.12. The van der Waals surface area contributed by atoms with Crippen molar-refractivity contribution in [3.8, 4) is 11.4 Å². The molecule has 0 saturated heterocycles. The quantitative estimate of drug-likeness (QED) is 0.474. The molecule has 6 nitrogen and oxygen atoms in total. The molecule has 0 saturated carbocycles. The van der Waals surface area contributed by atoms with Crippen molar-refractivity contribution in [2.24, 2.45) is 7.05 Å². The van der Waals surface area contributed by atoms with Gasteiger partial charge in [-0.1, -0.05) is 49.4 Å². The molecule has 0 aliphatic carbocycles. The molecule has 0 fully saturated rings. The molecule has 2 aromatic heterocycles. The van der Waals surface area contributed by atoms with E-state index in [2.05, 4.69) is 29.1 Å². The van der Waals surface area contributed by atoms with Gasteiger partial charge in [0.05, 0.1) is 24.8 Å². The highest BCUT2D eigenvalue weighted by atomic mass is 16.5. The van der Waals surface area contributed by atoms with Crippen LogP contribution >= 0.6 is 0 Å². The van der Waals surface area contributed by atoms with Gasteiger partial charge < -0.3 is 9.30 Å². The SMILES string of the molecule is COc1cc(C=Cc2nc(C(C)c3ccccc3)nn2C)ccc1-n1cnc(C)c1. The molecule has 2 heterocycles. The maximum atomic E-state index is 5.59. The van der Waals surface area contributed by atoms with Gasteiger partial charge in [0.2, 0.25) is 0 Å². The topological polar surface area (TPSA) is 57.8 Å². The van der Waals surface area contributed by atoms with Gasteiger partial charge in [0.15, 0.2) is 11.6 Å². The predicted octanol–water partition coefficient (Wildman–Crippen LogP) is 4.64. The third-order valence-electron chi connectivity index (χ3n) is 5.12. The van der Waals surface area contributed by atoms with E-state index < -0.39 is 0 Å². The van der Waals surface area contributed by atoms with Crippen LogP contribution in [0.3, 0.4) is 0 Å². The van der Waals surface area contributed by atoms with E-state index in [4.69, 9.17) is 9.72 Å². The number of nitrogens with zero attached hydrogens (tertiary/aromatic N) is 5. The van der Waals surface area contributed by atoms with Crippen LogP contribution in [0.25, 0.3) is 17.8 Å². The average molecular weight is 399 g/mol. The van der Waals surface area contributed by atoms with Crippen LogP contribution in [-0.2, 0) is 7.05 Å². The Kier molecular flexibility index (Phi) is 5.48. The molecule has 1 unspecified atom stereocenters. The van der Waals surface area contributed by atoms with Crippen LogP contribution in [0.5, 0.6) is 5.75 Å². The van der Waals surface area contributed by atoms with Crippen molar-refractivity contribution in [1.29, 1.82) is 0 Å². The number of benzene rings is 2. The first-order valence-electron chi connectivity index (χ1n) is 9.88. The van der Waals surface area contributed by atoms with Crippen molar-refractivity contribution in [3.63, 3.8) is 0 Å². The van der Waals surface area contributed by atoms with Crippen molar-refractivity contribution in [2.75, 3.05) is 7.11 Å². The van der Waals surface area contributed by atoms with Gasteiger partial charge in [-0.25, -0.2) is 14.6 Å². The van der Waals surface area contributed by atoms with Crippen molar-refractivity contribution in [1.82, 2.24) is 24.3 Å². The summed E-state index contributed by atoms with van der Waals surface area (Å²) < 4.78 is 9.36. The van der Waals surface area contributed by atoms with Gasteiger partial charge >= 0.3 is 0 Å². The maximum absolute atomic E-state index is 5.59. The Morgan fingerprint density at radius 3 is 2.57 bits per heavy atom. The number of ether oxygens (including phenoxy) is 1. The van der Waals surface area contributed by atoms with Gasteiger partial charge in [-0.05, 0) is 36.3 Å². The molecule has 0 amide bonds. The van der Waals surface area contributed by atoms with E-state index in [1.165, 1.54) is 5.56 Å². The van der Waals surface area contributed by atoms with Crippen LogP contribution in [0.2, 0.25) is 0 Å². The Morgan fingerprint density at radius 1 is 1.07 bits per heavy atom. The standard InChI is InChI=1S/C24H25N5O/c1-17-15-29(16-25-17)21-12-10-19(14-22(21)30-4)11-13-23-26-24(27-28(23)3)18(2)20-8-6-5-7-9-20/h5-16,18H,1-4H3. The zero-order chi connectivity index (χ0) is 21.1. The average Bonchev–Trinajstić information content (AvgIpc) is 3.37. The van der Waals surface area contributed by atoms with Crippen LogP contribution in [0.4, 0.5) is 0 Å². The van der Waals surface area contributed by atoms with Crippen molar-refractivity contribution >= 4 is 12.2 Å². The molecule has 152 valence electrons. The minimum atomic E-state index is 0.137. The molecule has 6 heteroatoms. The first-order chi connectivity index (χ1) is 14.5. The second-order valence-corrected chi connectivity index (χ2v) is 7.27. The molecule has 4 aromatic rings. The molecule has 30 heavy (non-hydrogen) atoms. The Labute approximate surface area is 176 Å². The molecule has 0 aliphatic rings. The lowest BCUT2D eigenvalue weighted by molar-refractivity contribution is 0.413. The summed E-state index contributed by atoms with van der Waals surface area (Å²) >= 11 is 0. The van der Waals surface area contributed by atoms with E-state index in [9.17, 15) is 0 Å². The summed E-state index contributed by atoms with van der Waals surface area (Å²) in [5.41, 5.74) is 4.14. The third kappa shape index (κ3) is 4.03. The van der Waals surface area contributed by atoms with E-state index in [1.54, 1.807) is 13.4 Å². The molecule has 4 rings (SSSR count). The molecule has 0 bridgehead atoms. The molecule has 0 N–H and O–H groups in total. The van der Waals surface area contributed by atoms with Gasteiger partial charge in [-0.3, -0.25) is 0 Å². The number of imidazole rings is 1. The normalized spacial score (nSPS) is 12.4. The first-order valence-corrected chi connectivity index (χ1v) is 9.88. The highest BCUT2D eigenvalue weighted by molar-refractivity contribution is 5.69. The summed E-state index contributed by atoms with van der Waals surface area (Å²) in [6, 6.07) is 16.4. The highest BCUT2D eigenvalue weighted by Crippen LogP contribution is 2.26. The fraction of sp³-hybridized carbons (Fsp3) is 0.208. The van der Waals surface area contributed by atoms with Crippen molar-refractivity contribution < 1.29 is 4.74 Å². The molecular formula is C24H25N5O. The van der Waals surface area contributed by atoms with Crippen molar-refractivity contribution in [3.05, 3.63) is 89.5 Å². The lowest BCUT2D eigenvalue weighted by Crippen LogP contribution is -1.99. The Bertz CT molecular complexity index is 1170. The predicted molar refractivity (Wildman–Crippen MR) is 119 cm³/mol. The lowest BCUT2D eigenvalue weighted by atomic mass is 10.0. The number of hydrogen-bond acceptors (Lipinski definition) is 4. The summed E-state index contributed by atoms with van der Waals surface area (Å²) in [5, 5.41) is 4.61. The molecule has 0 aliphatic heterocycles. The van der Waals surface area contributed by atoms with Gasteiger partial charge in [0.25, 0.3) is 0 Å². The Hall–Kier alpha value is -3.67. The van der Waals surface area contributed by atoms with E-state index in [-0.39, 0.29) is 5.92 Å². The minimum absolute atomic E-state index is 0.137. The van der Waals surface area contributed by atoms with E-state index >= 15 is 0 Å². The first kappa shape index (κ1) is 19.6. The zero-order valence-corrected chi connectivity index (χ0v) is 17.6. The number of aromatic nitrogens is 5. The lowest BCUT2D eigenvalue weighted by Gasteiger charge is -2.09. The van der Waals surface area contributed by atoms with Gasteiger partial charge in [-0.15, -0.1) is 0 Å². The fourth-order valence-corrected chi connectivity index (χ4v) is 3.37. The van der Waals surface area contributed by atoms with Gasteiger partial charge in [0.1, 0.15) is 5.75 Å². The second kappa shape index (κ2) is 8.37. The van der Waals surface area contributed by atoms with E-state index in [1.807, 2.05) is 78.0 Å². The molecule has 1 atom stereocenters. The van der Waals surface area contributed by atoms with Crippen LogP contribution < -0.4 is 4.74 Å². The number of hydrogen-bond donors (Lipinski definition) is 0. The van der Waals surface area contributed by atoms with Gasteiger partial charge in [-0.2, -0.15) is 5.10 Å². The maximum Gasteiger partial charge on any atom is 0.158 e. The minimum Gasteiger partial charge on any atom is -0.495 e. The smallest absolute Gasteiger partial charge is 0.158 e. The highest BCUT2D eigenvalue weighted by Gasteiger charge is 2.14. The van der Waals surface area contributed by atoms with Crippen molar-refractivity contribution in [2.45, 2.75) is 19.8 Å². The Morgan fingerprint density at radius 2 is 1.87 bits per heavy atom. The number of aryl methyl sites for hydroxylation is 2. The van der Waals surface area contributed by atoms with Crippen LogP contribution in [-0.4, -0.2) is 31.4 Å². The van der Waals surface area contributed by atoms with Crippen LogP contribution in [0.1, 0.15) is 41.3 Å². The fourth-order valence-electron chi connectivity index (χ4n) is 3.37. The van der Waals surface area contributed by atoms with E-state index in [0.717, 1.165) is 34.3 Å². The summed E-state index contributed by atoms with van der Waals surface area (Å²) in [5.74, 6) is 2.54. The summed E-state index contributed by atoms with van der Waals surface area (Å²) in [6.07, 6.45) is 7.76. The largest absolute Gasteiger partial charge is 0.495 e. The summed E-state index contributed by atoms with van der Waals surface area (Å²) in [7, 11) is 3.59. The Balaban J connectivity index is 1.57. The monoisotopic (exact) mass is 399 g/mol. The molecule has 2 aromatic carbocycles. The molecule has 0 radical (unpaired) electrons. The molecule has 0 spiro atoms. The summed E-state index contributed by atoms with van der Waals surface area (Å²) in [6.45, 7) is 4.09. The van der Waals surface area contributed by atoms with Crippen LogP contribution in [0.15, 0.2) is 61.1 Å². The number of methoxy groups -OCH3 is 1. The number of rotatable bonds is 6. The van der Waals surface area contributed by atoms with Gasteiger partial charge in [0, 0.05) is 19.2 Å². The molecular weight excluding hydrogens is 374 g/mol. The van der Waals surface area contributed by atoms with Crippen LogP contribution in [0, 0.1) is 6.92 Å². The van der Waals surface area contributed by atoms with E-state index in [0.29, 0.717) is 0 Å². The second-order valence-electron chi connectivity index (χ2n) is 7.27. The zero-order valence-electron chi connectivity index (χ0n) is 17.6.